The maximum atomic E-state index is 13.6. The van der Waals surface area contributed by atoms with Crippen LogP contribution in [0.4, 0.5) is 8.78 Å². The van der Waals surface area contributed by atoms with E-state index in [1.165, 1.54) is 0 Å². The Balaban J connectivity index is 0.000000366. The summed E-state index contributed by atoms with van der Waals surface area (Å²) in [6, 6.07) is 11.2. The van der Waals surface area contributed by atoms with Gasteiger partial charge in [-0.2, -0.15) is 0 Å². The molecule has 0 unspecified atom stereocenters. The van der Waals surface area contributed by atoms with Gasteiger partial charge in [0.05, 0.1) is 6.61 Å². The number of aliphatic carboxylic acids is 2. The Bertz CT molecular complexity index is 904. The Hall–Kier alpha value is -3.01. The highest BCUT2D eigenvalue weighted by Gasteiger charge is 2.29. The fourth-order valence-corrected chi connectivity index (χ4v) is 2.83. The van der Waals surface area contributed by atoms with E-state index < -0.39 is 29.7 Å². The van der Waals surface area contributed by atoms with Crippen molar-refractivity contribution in [3.8, 4) is 5.75 Å². The second kappa shape index (κ2) is 12.0. The third kappa shape index (κ3) is 7.97. The molecular formula is C21H20ClF2NO6. The molecule has 0 aromatic heterocycles. The van der Waals surface area contributed by atoms with Crippen LogP contribution in [0.2, 0.25) is 5.02 Å². The van der Waals surface area contributed by atoms with Gasteiger partial charge in [0.15, 0.2) is 6.10 Å². The molecule has 0 bridgehead atoms. The van der Waals surface area contributed by atoms with E-state index in [1.807, 2.05) is 30.3 Å². The Kier molecular flexibility index (Phi) is 9.39. The average molecular weight is 456 g/mol. The maximum absolute atomic E-state index is 13.6. The summed E-state index contributed by atoms with van der Waals surface area (Å²) in [5.74, 6) is -4.14. The minimum atomic E-state index is -1.26. The van der Waals surface area contributed by atoms with E-state index in [2.05, 4.69) is 5.32 Å². The molecule has 1 saturated heterocycles. The molecule has 1 aliphatic heterocycles. The molecule has 3 rings (SSSR count). The molecule has 166 valence electrons. The van der Waals surface area contributed by atoms with Crippen molar-refractivity contribution in [2.45, 2.75) is 12.2 Å². The number of morpholine rings is 1. The Labute approximate surface area is 181 Å². The lowest BCUT2D eigenvalue weighted by molar-refractivity contribution is -0.134. The molecule has 2 aromatic rings. The molecule has 2 atom stereocenters. The minimum absolute atomic E-state index is 0.0350. The number of nitrogens with one attached hydrogen (secondary N) is 1. The van der Waals surface area contributed by atoms with Gasteiger partial charge in [-0.25, -0.2) is 18.4 Å². The summed E-state index contributed by atoms with van der Waals surface area (Å²) in [6.45, 7) is 1.88. The van der Waals surface area contributed by atoms with Gasteiger partial charge in [0.1, 0.15) is 28.5 Å². The molecule has 10 heteroatoms. The van der Waals surface area contributed by atoms with Crippen molar-refractivity contribution in [2.75, 3.05) is 19.7 Å². The zero-order valence-electron chi connectivity index (χ0n) is 16.1. The first-order chi connectivity index (χ1) is 14.8. The van der Waals surface area contributed by atoms with Gasteiger partial charge in [0, 0.05) is 37.4 Å². The van der Waals surface area contributed by atoms with Crippen LogP contribution >= 0.6 is 11.6 Å². The van der Waals surface area contributed by atoms with Crippen molar-refractivity contribution in [1.82, 2.24) is 5.32 Å². The average Bonchev–Trinajstić information content (AvgIpc) is 2.75. The first-order valence-corrected chi connectivity index (χ1v) is 9.48. The summed E-state index contributed by atoms with van der Waals surface area (Å²) >= 11 is 5.91. The van der Waals surface area contributed by atoms with Crippen LogP contribution in [0.5, 0.6) is 5.75 Å². The zero-order chi connectivity index (χ0) is 22.8. The Morgan fingerprint density at radius 2 is 1.81 bits per heavy atom. The van der Waals surface area contributed by atoms with E-state index in [1.54, 1.807) is 0 Å². The predicted molar refractivity (Wildman–Crippen MR) is 108 cm³/mol. The van der Waals surface area contributed by atoms with Crippen LogP contribution in [0.3, 0.4) is 0 Å². The summed E-state index contributed by atoms with van der Waals surface area (Å²) in [6.07, 6.45) is 0.307. The molecule has 0 aliphatic carbocycles. The number of carboxylic acids is 2. The fraction of sp³-hybridized carbons (Fsp3) is 0.238. The number of carboxylic acid groups (broad SMARTS) is 2. The van der Waals surface area contributed by atoms with Crippen LogP contribution in [0.1, 0.15) is 11.7 Å². The van der Waals surface area contributed by atoms with Crippen LogP contribution in [-0.4, -0.2) is 48.0 Å². The fourth-order valence-electron chi connectivity index (χ4n) is 2.68. The van der Waals surface area contributed by atoms with E-state index in [-0.39, 0.29) is 16.9 Å². The van der Waals surface area contributed by atoms with Gasteiger partial charge >= 0.3 is 11.9 Å². The molecule has 7 nitrogen and oxygen atoms in total. The number of halogens is 3. The maximum Gasteiger partial charge on any atom is 0.328 e. The van der Waals surface area contributed by atoms with E-state index >= 15 is 0 Å². The van der Waals surface area contributed by atoms with E-state index in [0.29, 0.717) is 25.3 Å². The summed E-state index contributed by atoms with van der Waals surface area (Å²) in [5, 5.41) is 18.6. The second-order valence-corrected chi connectivity index (χ2v) is 6.65. The van der Waals surface area contributed by atoms with Gasteiger partial charge in [-0.3, -0.25) is 0 Å². The SMILES string of the molecule is Fc1cc(F)c(Cl)c(O[C@@H](c2ccccc2)[C@@H]2CNCCO2)c1.O=C(O)/C=C/C(=O)O. The van der Waals surface area contributed by atoms with Crippen molar-refractivity contribution in [3.63, 3.8) is 0 Å². The van der Waals surface area contributed by atoms with Gasteiger partial charge in [0.25, 0.3) is 0 Å². The zero-order valence-corrected chi connectivity index (χ0v) is 16.9. The van der Waals surface area contributed by atoms with Crippen molar-refractivity contribution in [2.24, 2.45) is 0 Å². The van der Waals surface area contributed by atoms with Gasteiger partial charge in [0.2, 0.25) is 0 Å². The summed E-state index contributed by atoms with van der Waals surface area (Å²) in [4.78, 5) is 19.1. The normalized spacial score (nSPS) is 16.8. The highest BCUT2D eigenvalue weighted by molar-refractivity contribution is 6.32. The number of hydrogen-bond acceptors (Lipinski definition) is 5. The summed E-state index contributed by atoms with van der Waals surface area (Å²) in [7, 11) is 0. The largest absolute Gasteiger partial charge is 0.481 e. The Morgan fingerprint density at radius 3 is 2.35 bits per heavy atom. The van der Waals surface area contributed by atoms with Crippen molar-refractivity contribution in [1.29, 1.82) is 0 Å². The first kappa shape index (κ1) is 24.3. The molecule has 3 N–H and O–H groups in total. The van der Waals surface area contributed by atoms with E-state index in [4.69, 9.17) is 31.3 Å². The molecule has 31 heavy (non-hydrogen) atoms. The molecular weight excluding hydrogens is 436 g/mol. The van der Waals surface area contributed by atoms with Crippen LogP contribution in [0.15, 0.2) is 54.6 Å². The van der Waals surface area contributed by atoms with Crippen molar-refractivity contribution < 1.29 is 38.1 Å². The number of benzene rings is 2. The monoisotopic (exact) mass is 455 g/mol. The second-order valence-electron chi connectivity index (χ2n) is 6.27. The smallest absolute Gasteiger partial charge is 0.328 e. The topological polar surface area (TPSA) is 105 Å². The number of rotatable bonds is 6. The van der Waals surface area contributed by atoms with E-state index in [9.17, 15) is 18.4 Å². The van der Waals surface area contributed by atoms with Crippen molar-refractivity contribution in [3.05, 3.63) is 76.8 Å². The number of ether oxygens (including phenoxy) is 2. The first-order valence-electron chi connectivity index (χ1n) is 9.10. The lowest BCUT2D eigenvalue weighted by Gasteiger charge is -2.31. The third-order valence-corrected chi connectivity index (χ3v) is 4.37. The molecule has 2 aromatic carbocycles. The van der Waals surface area contributed by atoms with Gasteiger partial charge < -0.3 is 25.0 Å². The van der Waals surface area contributed by atoms with E-state index in [0.717, 1.165) is 24.2 Å². The molecule has 0 spiro atoms. The predicted octanol–water partition coefficient (Wildman–Crippen LogP) is 3.44. The van der Waals surface area contributed by atoms with Crippen molar-refractivity contribution >= 4 is 23.5 Å². The summed E-state index contributed by atoms with van der Waals surface area (Å²) in [5.41, 5.74) is 0.849. The van der Waals surface area contributed by atoms with Crippen LogP contribution in [0.25, 0.3) is 0 Å². The number of hydrogen-bond donors (Lipinski definition) is 3. The van der Waals surface area contributed by atoms with Crippen LogP contribution in [0, 0.1) is 11.6 Å². The minimum Gasteiger partial charge on any atom is -0.481 e. The quantitative estimate of drug-likeness (QED) is 0.452. The lowest BCUT2D eigenvalue weighted by Crippen LogP contribution is -2.43. The summed E-state index contributed by atoms with van der Waals surface area (Å²) < 4.78 is 38.7. The van der Waals surface area contributed by atoms with Gasteiger partial charge in [-0.1, -0.05) is 41.9 Å². The van der Waals surface area contributed by atoms with Crippen LogP contribution in [-0.2, 0) is 14.3 Å². The highest BCUT2D eigenvalue weighted by Crippen LogP contribution is 2.34. The molecule has 1 aliphatic rings. The molecule has 0 saturated carbocycles. The van der Waals surface area contributed by atoms with Gasteiger partial charge in [-0.15, -0.1) is 0 Å². The molecule has 0 amide bonds. The molecule has 1 fully saturated rings. The lowest BCUT2D eigenvalue weighted by atomic mass is 10.0. The highest BCUT2D eigenvalue weighted by atomic mass is 35.5. The van der Waals surface area contributed by atoms with Gasteiger partial charge in [-0.05, 0) is 5.56 Å². The molecule has 0 radical (unpaired) electrons. The van der Waals surface area contributed by atoms with Crippen LogP contribution < -0.4 is 10.1 Å². The standard InChI is InChI=1S/C17H16ClF2NO2.C4H4O4/c18-16-13(20)8-12(19)9-14(16)23-17(11-4-2-1-3-5-11)15-10-21-6-7-22-15;5-3(6)1-2-4(7)8/h1-5,8-9,15,17,21H,6-7,10H2;1-2H,(H,5,6)(H,7,8)/b;2-1+/t15-,17-;/m0./s1. The number of carbonyl (C=O) groups is 2. The molecule has 1 heterocycles. The third-order valence-electron chi connectivity index (χ3n) is 4.00. The Morgan fingerprint density at radius 1 is 1.16 bits per heavy atom.